The predicted molar refractivity (Wildman–Crippen MR) is 57.9 cm³/mol. The van der Waals surface area contributed by atoms with Crippen LogP contribution in [0.3, 0.4) is 0 Å². The second kappa shape index (κ2) is 5.66. The van der Waals surface area contributed by atoms with Gasteiger partial charge in [0, 0.05) is 5.92 Å². The molecule has 1 aliphatic heterocycles. The third kappa shape index (κ3) is 2.48. The van der Waals surface area contributed by atoms with E-state index in [1.807, 2.05) is 26.0 Å². The minimum absolute atomic E-state index is 0.607. The quantitative estimate of drug-likeness (QED) is 0.720. The standard InChI is InChI=1S/C10H12O2.C2H6/c1-11-10-4-2-8(3-5-10)9-6-12-7-9;1-2/h2-5,9H,6-7H2,1H3;1-2H3. The van der Waals surface area contributed by atoms with Crippen molar-refractivity contribution in [3.63, 3.8) is 0 Å². The van der Waals surface area contributed by atoms with Crippen LogP contribution < -0.4 is 4.74 Å². The number of benzene rings is 1. The first kappa shape index (κ1) is 11.1. The lowest BCUT2D eigenvalue weighted by Crippen LogP contribution is -2.24. The normalized spacial score (nSPS) is 15.1. The molecule has 1 saturated heterocycles. The van der Waals surface area contributed by atoms with Gasteiger partial charge in [0.1, 0.15) is 5.75 Å². The first-order chi connectivity index (χ1) is 6.90. The molecule has 2 nitrogen and oxygen atoms in total. The van der Waals surface area contributed by atoms with E-state index in [-0.39, 0.29) is 0 Å². The Bertz CT molecular complexity index is 250. The minimum atomic E-state index is 0.607. The SMILES string of the molecule is CC.COc1ccc(C2COC2)cc1. The van der Waals surface area contributed by atoms with E-state index in [1.54, 1.807) is 7.11 Å². The molecule has 1 fully saturated rings. The zero-order chi connectivity index (χ0) is 10.4. The van der Waals surface area contributed by atoms with E-state index in [2.05, 4.69) is 12.1 Å². The third-order valence-electron chi connectivity index (χ3n) is 2.23. The van der Waals surface area contributed by atoms with Crippen molar-refractivity contribution in [1.29, 1.82) is 0 Å². The van der Waals surface area contributed by atoms with Crippen molar-refractivity contribution in [3.05, 3.63) is 29.8 Å². The summed E-state index contributed by atoms with van der Waals surface area (Å²) in [7, 11) is 1.68. The lowest BCUT2D eigenvalue weighted by atomic mass is 9.98. The third-order valence-corrected chi connectivity index (χ3v) is 2.23. The van der Waals surface area contributed by atoms with Crippen LogP contribution in [0.25, 0.3) is 0 Å². The van der Waals surface area contributed by atoms with E-state index < -0.39 is 0 Å². The van der Waals surface area contributed by atoms with Gasteiger partial charge in [-0.15, -0.1) is 0 Å². The molecule has 1 heterocycles. The molecule has 2 rings (SSSR count). The van der Waals surface area contributed by atoms with Crippen LogP contribution in [0, 0.1) is 0 Å². The smallest absolute Gasteiger partial charge is 0.118 e. The number of rotatable bonds is 2. The molecular weight excluding hydrogens is 176 g/mol. The molecule has 1 aromatic carbocycles. The Morgan fingerprint density at radius 2 is 1.71 bits per heavy atom. The van der Waals surface area contributed by atoms with E-state index in [1.165, 1.54) is 5.56 Å². The molecule has 0 atom stereocenters. The molecule has 2 heteroatoms. The van der Waals surface area contributed by atoms with Crippen LogP contribution in [-0.4, -0.2) is 20.3 Å². The van der Waals surface area contributed by atoms with Gasteiger partial charge in [-0.1, -0.05) is 26.0 Å². The van der Waals surface area contributed by atoms with Crippen LogP contribution in [0.4, 0.5) is 0 Å². The minimum Gasteiger partial charge on any atom is -0.497 e. The summed E-state index contributed by atoms with van der Waals surface area (Å²) in [5, 5.41) is 0. The predicted octanol–water partition coefficient (Wildman–Crippen LogP) is 2.84. The summed E-state index contributed by atoms with van der Waals surface area (Å²) in [5.41, 5.74) is 1.35. The molecule has 0 aromatic heterocycles. The van der Waals surface area contributed by atoms with E-state index in [0.717, 1.165) is 19.0 Å². The molecule has 0 bridgehead atoms. The van der Waals surface area contributed by atoms with Gasteiger partial charge in [-0.25, -0.2) is 0 Å². The van der Waals surface area contributed by atoms with Gasteiger partial charge in [-0.05, 0) is 17.7 Å². The summed E-state index contributed by atoms with van der Waals surface area (Å²) in [4.78, 5) is 0. The highest BCUT2D eigenvalue weighted by Gasteiger charge is 2.19. The van der Waals surface area contributed by atoms with Crippen molar-refractivity contribution in [2.75, 3.05) is 20.3 Å². The topological polar surface area (TPSA) is 18.5 Å². The van der Waals surface area contributed by atoms with Crippen LogP contribution in [0.5, 0.6) is 5.75 Å². The van der Waals surface area contributed by atoms with Crippen LogP contribution in [-0.2, 0) is 4.74 Å². The molecule has 0 amide bonds. The Hall–Kier alpha value is -1.02. The summed E-state index contributed by atoms with van der Waals surface area (Å²) in [6.45, 7) is 5.73. The van der Waals surface area contributed by atoms with Crippen LogP contribution >= 0.6 is 0 Å². The van der Waals surface area contributed by atoms with Crippen LogP contribution in [0.15, 0.2) is 24.3 Å². The van der Waals surface area contributed by atoms with Gasteiger partial charge >= 0.3 is 0 Å². The molecule has 0 saturated carbocycles. The molecule has 0 N–H and O–H groups in total. The molecular formula is C12H18O2. The van der Waals surface area contributed by atoms with Crippen molar-refractivity contribution in [1.82, 2.24) is 0 Å². The van der Waals surface area contributed by atoms with Gasteiger partial charge in [0.2, 0.25) is 0 Å². The average Bonchev–Trinajstić information content (AvgIpc) is 2.20. The van der Waals surface area contributed by atoms with Gasteiger partial charge in [0.25, 0.3) is 0 Å². The Labute approximate surface area is 85.8 Å². The zero-order valence-electron chi connectivity index (χ0n) is 9.12. The first-order valence-electron chi connectivity index (χ1n) is 5.12. The van der Waals surface area contributed by atoms with E-state index in [0.29, 0.717) is 5.92 Å². The van der Waals surface area contributed by atoms with Crippen molar-refractivity contribution in [2.24, 2.45) is 0 Å². The van der Waals surface area contributed by atoms with E-state index in [9.17, 15) is 0 Å². The van der Waals surface area contributed by atoms with Gasteiger partial charge in [0.05, 0.1) is 20.3 Å². The average molecular weight is 194 g/mol. The maximum Gasteiger partial charge on any atom is 0.118 e. The highest BCUT2D eigenvalue weighted by Crippen LogP contribution is 2.25. The van der Waals surface area contributed by atoms with Gasteiger partial charge in [-0.2, -0.15) is 0 Å². The molecule has 0 spiro atoms. The first-order valence-corrected chi connectivity index (χ1v) is 5.12. The Balaban J connectivity index is 0.000000461. The highest BCUT2D eigenvalue weighted by atomic mass is 16.5. The second-order valence-corrected chi connectivity index (χ2v) is 3.01. The lowest BCUT2D eigenvalue weighted by molar-refractivity contribution is 0.00840. The second-order valence-electron chi connectivity index (χ2n) is 3.01. The lowest BCUT2D eigenvalue weighted by Gasteiger charge is -2.26. The maximum atomic E-state index is 5.11. The molecule has 78 valence electrons. The molecule has 0 unspecified atom stereocenters. The largest absolute Gasteiger partial charge is 0.497 e. The number of ether oxygens (including phenoxy) is 2. The van der Waals surface area contributed by atoms with Gasteiger partial charge in [-0.3, -0.25) is 0 Å². The summed E-state index contributed by atoms with van der Waals surface area (Å²) in [6.07, 6.45) is 0. The van der Waals surface area contributed by atoms with Gasteiger partial charge in [0.15, 0.2) is 0 Å². The maximum absolute atomic E-state index is 5.11. The summed E-state index contributed by atoms with van der Waals surface area (Å²) >= 11 is 0. The van der Waals surface area contributed by atoms with Crippen molar-refractivity contribution < 1.29 is 9.47 Å². The number of hydrogen-bond acceptors (Lipinski definition) is 2. The fourth-order valence-electron chi connectivity index (χ4n) is 1.30. The fraction of sp³-hybridized carbons (Fsp3) is 0.500. The Kier molecular flexibility index (Phi) is 4.47. The Morgan fingerprint density at radius 3 is 2.07 bits per heavy atom. The van der Waals surface area contributed by atoms with Gasteiger partial charge < -0.3 is 9.47 Å². The summed E-state index contributed by atoms with van der Waals surface area (Å²) < 4.78 is 10.2. The molecule has 0 radical (unpaired) electrons. The monoisotopic (exact) mass is 194 g/mol. The van der Waals surface area contributed by atoms with Crippen LogP contribution in [0.2, 0.25) is 0 Å². The fourth-order valence-corrected chi connectivity index (χ4v) is 1.30. The van der Waals surface area contributed by atoms with Crippen molar-refractivity contribution in [3.8, 4) is 5.75 Å². The molecule has 1 aliphatic rings. The van der Waals surface area contributed by atoms with Crippen molar-refractivity contribution >= 4 is 0 Å². The number of hydrogen-bond donors (Lipinski definition) is 0. The zero-order valence-corrected chi connectivity index (χ0v) is 9.12. The summed E-state index contributed by atoms with van der Waals surface area (Å²) in [5.74, 6) is 1.52. The van der Waals surface area contributed by atoms with E-state index >= 15 is 0 Å². The summed E-state index contributed by atoms with van der Waals surface area (Å²) in [6, 6.07) is 8.19. The molecule has 14 heavy (non-hydrogen) atoms. The van der Waals surface area contributed by atoms with Crippen LogP contribution in [0.1, 0.15) is 25.3 Å². The number of methoxy groups -OCH3 is 1. The molecule has 0 aliphatic carbocycles. The van der Waals surface area contributed by atoms with E-state index in [4.69, 9.17) is 9.47 Å². The highest BCUT2D eigenvalue weighted by molar-refractivity contribution is 5.30. The van der Waals surface area contributed by atoms with Crippen molar-refractivity contribution in [2.45, 2.75) is 19.8 Å². The Morgan fingerprint density at radius 1 is 1.14 bits per heavy atom. The molecule has 1 aromatic rings.